The normalized spacial score (nSPS) is 10.3. The number of benzene rings is 2. The van der Waals surface area contributed by atoms with Crippen molar-refractivity contribution in [3.05, 3.63) is 53.4 Å². The number of nitrogens with one attached hydrogen (secondary N) is 1. The number of amides is 1. The Bertz CT molecular complexity index is 879. The minimum Gasteiger partial charge on any atom is -0.497 e. The van der Waals surface area contributed by atoms with Gasteiger partial charge in [0.1, 0.15) is 22.1 Å². The van der Waals surface area contributed by atoms with Gasteiger partial charge in [0.05, 0.1) is 19.4 Å². The number of nitrogens with zero attached hydrogens (tertiary/aromatic N) is 2. The molecule has 0 atom stereocenters. The molecule has 128 valence electrons. The molecule has 1 aromatic heterocycles. The molecule has 25 heavy (non-hydrogen) atoms. The molecule has 7 heteroatoms. The Kier molecular flexibility index (Phi) is 5.25. The van der Waals surface area contributed by atoms with E-state index >= 15 is 0 Å². The molecule has 0 saturated heterocycles. The Labute approximate surface area is 149 Å². The first-order chi connectivity index (χ1) is 12.2. The molecule has 3 aromatic rings. The number of rotatable bonds is 6. The number of anilines is 1. The molecule has 0 saturated carbocycles. The minimum atomic E-state index is -0.278. The zero-order valence-electron chi connectivity index (χ0n) is 13.9. The molecule has 1 N–H and O–H groups in total. The number of carbonyl (C=O) groups excluding carboxylic acids is 1. The van der Waals surface area contributed by atoms with Gasteiger partial charge in [-0.3, -0.25) is 4.79 Å². The summed E-state index contributed by atoms with van der Waals surface area (Å²) in [5.41, 5.74) is 1.91. The number of hydrogen-bond donors (Lipinski definition) is 1. The van der Waals surface area contributed by atoms with Crippen LogP contribution in [0.25, 0.3) is 11.3 Å². The third-order valence-corrected chi connectivity index (χ3v) is 4.20. The van der Waals surface area contributed by atoms with Crippen LogP contribution in [-0.2, 0) is 0 Å². The van der Waals surface area contributed by atoms with Crippen molar-refractivity contribution in [2.24, 2.45) is 0 Å². The van der Waals surface area contributed by atoms with E-state index in [-0.39, 0.29) is 5.91 Å². The summed E-state index contributed by atoms with van der Waals surface area (Å²) in [6.07, 6.45) is 0. The van der Waals surface area contributed by atoms with Crippen LogP contribution in [0.1, 0.15) is 16.6 Å². The van der Waals surface area contributed by atoms with Crippen molar-refractivity contribution in [3.8, 4) is 22.8 Å². The second-order valence-electron chi connectivity index (χ2n) is 5.07. The maximum Gasteiger partial charge on any atom is 0.269 e. The lowest BCUT2D eigenvalue weighted by atomic mass is 10.1. The van der Waals surface area contributed by atoms with Gasteiger partial charge < -0.3 is 14.8 Å². The lowest BCUT2D eigenvalue weighted by Crippen LogP contribution is -2.12. The molecular formula is C18H17N3O3S. The Balaban J connectivity index is 1.88. The van der Waals surface area contributed by atoms with Crippen LogP contribution in [0.15, 0.2) is 48.5 Å². The molecule has 0 bridgehead atoms. The Morgan fingerprint density at radius 2 is 2.04 bits per heavy atom. The van der Waals surface area contributed by atoms with E-state index < -0.39 is 0 Å². The molecule has 6 nitrogen and oxygen atoms in total. The Morgan fingerprint density at radius 3 is 2.84 bits per heavy atom. The zero-order valence-corrected chi connectivity index (χ0v) is 14.7. The summed E-state index contributed by atoms with van der Waals surface area (Å²) >= 11 is 1.05. The topological polar surface area (TPSA) is 73.3 Å². The van der Waals surface area contributed by atoms with Crippen LogP contribution in [0.4, 0.5) is 5.69 Å². The summed E-state index contributed by atoms with van der Waals surface area (Å²) in [5.74, 6) is 1.04. The van der Waals surface area contributed by atoms with E-state index in [4.69, 9.17) is 9.47 Å². The number of carbonyl (C=O) groups is 1. The number of para-hydroxylation sites is 2. The molecule has 0 aliphatic rings. The standard InChI is InChI=1S/C18H17N3O3S/c1-3-24-15-10-5-4-9-14(15)19-18(22)17-16(20-21-25-17)12-7-6-8-13(11-12)23-2/h4-11H,3H2,1-2H3,(H,19,22). The first-order valence-electron chi connectivity index (χ1n) is 7.73. The van der Waals surface area contributed by atoms with E-state index in [2.05, 4.69) is 14.9 Å². The van der Waals surface area contributed by atoms with Crippen LogP contribution < -0.4 is 14.8 Å². The molecule has 0 radical (unpaired) electrons. The lowest BCUT2D eigenvalue weighted by Gasteiger charge is -2.11. The molecule has 0 fully saturated rings. The molecule has 1 heterocycles. The third kappa shape index (κ3) is 3.77. The predicted octanol–water partition coefficient (Wildman–Crippen LogP) is 3.86. The first-order valence-corrected chi connectivity index (χ1v) is 8.50. The Hall–Kier alpha value is -2.93. The summed E-state index contributed by atoms with van der Waals surface area (Å²) < 4.78 is 14.7. The lowest BCUT2D eigenvalue weighted by molar-refractivity contribution is 0.103. The van der Waals surface area contributed by atoms with Crippen LogP contribution in [0.2, 0.25) is 0 Å². The van der Waals surface area contributed by atoms with Crippen LogP contribution in [0.3, 0.4) is 0 Å². The van der Waals surface area contributed by atoms with Crippen molar-refractivity contribution in [3.63, 3.8) is 0 Å². The van der Waals surface area contributed by atoms with Crippen molar-refractivity contribution in [1.82, 2.24) is 9.59 Å². The van der Waals surface area contributed by atoms with Gasteiger partial charge in [-0.2, -0.15) is 0 Å². The maximum absolute atomic E-state index is 12.7. The molecular weight excluding hydrogens is 338 g/mol. The minimum absolute atomic E-state index is 0.278. The van der Waals surface area contributed by atoms with Gasteiger partial charge in [0.25, 0.3) is 5.91 Å². The largest absolute Gasteiger partial charge is 0.497 e. The van der Waals surface area contributed by atoms with Crippen LogP contribution in [0, 0.1) is 0 Å². The van der Waals surface area contributed by atoms with Crippen molar-refractivity contribution in [2.45, 2.75) is 6.92 Å². The molecule has 0 aliphatic heterocycles. The Morgan fingerprint density at radius 1 is 1.20 bits per heavy atom. The maximum atomic E-state index is 12.7. The highest BCUT2D eigenvalue weighted by atomic mass is 32.1. The highest BCUT2D eigenvalue weighted by Gasteiger charge is 2.19. The molecule has 0 spiro atoms. The average Bonchev–Trinajstić information content (AvgIpc) is 3.13. The number of aromatic nitrogens is 2. The number of ether oxygens (including phenoxy) is 2. The van der Waals surface area contributed by atoms with Crippen molar-refractivity contribution >= 4 is 23.1 Å². The van der Waals surface area contributed by atoms with Gasteiger partial charge in [-0.05, 0) is 42.7 Å². The highest BCUT2D eigenvalue weighted by molar-refractivity contribution is 7.08. The second kappa shape index (κ2) is 7.76. The fourth-order valence-corrected chi connectivity index (χ4v) is 2.91. The molecule has 3 rings (SSSR count). The second-order valence-corrected chi connectivity index (χ2v) is 5.82. The summed E-state index contributed by atoms with van der Waals surface area (Å²) in [4.78, 5) is 13.1. The van der Waals surface area contributed by atoms with E-state index in [9.17, 15) is 4.79 Å². The van der Waals surface area contributed by atoms with Crippen molar-refractivity contribution in [2.75, 3.05) is 19.0 Å². The summed E-state index contributed by atoms with van der Waals surface area (Å²) in [6, 6.07) is 14.7. The SMILES string of the molecule is CCOc1ccccc1NC(=O)c1snnc1-c1cccc(OC)c1. The van der Waals surface area contributed by atoms with E-state index in [1.165, 1.54) is 0 Å². The summed E-state index contributed by atoms with van der Waals surface area (Å²) in [5, 5.41) is 6.98. The van der Waals surface area contributed by atoms with Gasteiger partial charge in [0, 0.05) is 5.56 Å². The van der Waals surface area contributed by atoms with Crippen molar-refractivity contribution in [1.29, 1.82) is 0 Å². The van der Waals surface area contributed by atoms with Gasteiger partial charge in [-0.25, -0.2) is 0 Å². The van der Waals surface area contributed by atoms with Crippen LogP contribution >= 0.6 is 11.5 Å². The molecule has 1 amide bonds. The van der Waals surface area contributed by atoms with Crippen molar-refractivity contribution < 1.29 is 14.3 Å². The van der Waals surface area contributed by atoms with E-state index in [0.717, 1.165) is 17.1 Å². The van der Waals surface area contributed by atoms with Gasteiger partial charge >= 0.3 is 0 Å². The third-order valence-electron chi connectivity index (χ3n) is 3.47. The fraction of sp³-hybridized carbons (Fsp3) is 0.167. The predicted molar refractivity (Wildman–Crippen MR) is 97.5 cm³/mol. The van der Waals surface area contributed by atoms with E-state index in [0.29, 0.717) is 34.4 Å². The first kappa shape index (κ1) is 16.9. The quantitative estimate of drug-likeness (QED) is 0.727. The zero-order chi connectivity index (χ0) is 17.6. The van der Waals surface area contributed by atoms with Crippen LogP contribution in [0.5, 0.6) is 11.5 Å². The fourth-order valence-electron chi connectivity index (χ4n) is 2.33. The number of hydrogen-bond acceptors (Lipinski definition) is 6. The number of methoxy groups -OCH3 is 1. The summed E-state index contributed by atoms with van der Waals surface area (Å²) in [6.45, 7) is 2.41. The molecule has 2 aromatic carbocycles. The van der Waals surface area contributed by atoms with Gasteiger partial charge in [0.15, 0.2) is 0 Å². The van der Waals surface area contributed by atoms with E-state index in [1.807, 2.05) is 49.4 Å². The summed E-state index contributed by atoms with van der Waals surface area (Å²) in [7, 11) is 1.59. The van der Waals surface area contributed by atoms with Crippen LogP contribution in [-0.4, -0.2) is 29.2 Å². The molecule has 0 unspecified atom stereocenters. The van der Waals surface area contributed by atoms with Gasteiger partial charge in [-0.15, -0.1) is 5.10 Å². The smallest absolute Gasteiger partial charge is 0.269 e. The van der Waals surface area contributed by atoms with Gasteiger partial charge in [0.2, 0.25) is 0 Å². The monoisotopic (exact) mass is 355 g/mol. The molecule has 0 aliphatic carbocycles. The average molecular weight is 355 g/mol. The van der Waals surface area contributed by atoms with E-state index in [1.54, 1.807) is 13.2 Å². The highest BCUT2D eigenvalue weighted by Crippen LogP contribution is 2.29. The van der Waals surface area contributed by atoms with Gasteiger partial charge in [-0.1, -0.05) is 28.8 Å².